The van der Waals surface area contributed by atoms with Crippen LogP contribution in [0.4, 0.5) is 0 Å². The summed E-state index contributed by atoms with van der Waals surface area (Å²) in [6, 6.07) is 13.1. The molecule has 0 N–H and O–H groups in total. The Morgan fingerprint density at radius 1 is 0.939 bits per heavy atom. The summed E-state index contributed by atoms with van der Waals surface area (Å²) in [7, 11) is 0. The summed E-state index contributed by atoms with van der Waals surface area (Å²) in [5, 5.41) is 0. The number of aromatic nitrogens is 1. The average molecular weight is 454 g/mol. The number of nitrogens with zero attached hydrogens (tertiary/aromatic N) is 3. The molecule has 0 radical (unpaired) electrons. The average Bonchev–Trinajstić information content (AvgIpc) is 2.86. The van der Waals surface area contributed by atoms with Crippen LogP contribution in [0, 0.1) is 5.92 Å². The third-order valence-electron chi connectivity index (χ3n) is 6.32. The molecule has 178 valence electrons. The molecule has 1 unspecified atom stereocenters. The minimum Gasteiger partial charge on any atom is -0.483 e. The predicted molar refractivity (Wildman–Crippen MR) is 128 cm³/mol. The third-order valence-corrected chi connectivity index (χ3v) is 6.32. The van der Waals surface area contributed by atoms with Gasteiger partial charge in [-0.15, -0.1) is 0 Å². The summed E-state index contributed by atoms with van der Waals surface area (Å²) in [6.45, 7) is 7.17. The van der Waals surface area contributed by atoms with Crippen molar-refractivity contribution in [2.24, 2.45) is 5.92 Å². The number of rotatable bonds is 10. The molecule has 1 aliphatic heterocycles. The SMILES string of the molecule is CCC(C)CCC(=O)N1CCN(C(=O)CCn2cccc(OCc3ccccc3)c2=O)CC1. The molecular formula is C26H35N3O4. The highest BCUT2D eigenvalue weighted by molar-refractivity contribution is 5.78. The van der Waals surface area contributed by atoms with Crippen molar-refractivity contribution in [3.8, 4) is 5.75 Å². The Morgan fingerprint density at radius 2 is 1.58 bits per heavy atom. The van der Waals surface area contributed by atoms with E-state index < -0.39 is 0 Å². The summed E-state index contributed by atoms with van der Waals surface area (Å²) in [5.74, 6) is 1.02. The van der Waals surface area contributed by atoms with E-state index in [-0.39, 0.29) is 29.5 Å². The molecule has 33 heavy (non-hydrogen) atoms. The minimum atomic E-state index is -0.238. The Bertz CT molecular complexity index is 965. The quantitative estimate of drug-likeness (QED) is 0.553. The van der Waals surface area contributed by atoms with Crippen LogP contribution in [-0.2, 0) is 22.7 Å². The zero-order valence-electron chi connectivity index (χ0n) is 19.7. The van der Waals surface area contributed by atoms with Crippen LogP contribution in [0.2, 0.25) is 0 Å². The summed E-state index contributed by atoms with van der Waals surface area (Å²) in [4.78, 5) is 41.4. The highest BCUT2D eigenvalue weighted by Crippen LogP contribution is 2.13. The van der Waals surface area contributed by atoms with E-state index in [0.717, 1.165) is 18.4 Å². The van der Waals surface area contributed by atoms with Crippen LogP contribution in [0.3, 0.4) is 0 Å². The standard InChI is InChI=1S/C26H35N3O4/c1-3-21(2)11-12-24(30)27-16-18-28(19-17-27)25(31)13-15-29-14-7-10-23(26(29)32)33-20-22-8-5-4-6-9-22/h4-10,14,21H,3,11-13,15-20H2,1-2H3. The number of pyridine rings is 1. The highest BCUT2D eigenvalue weighted by atomic mass is 16.5. The van der Waals surface area contributed by atoms with Gasteiger partial charge in [0.25, 0.3) is 5.56 Å². The maximum atomic E-state index is 12.7. The van der Waals surface area contributed by atoms with Crippen molar-refractivity contribution in [3.05, 3.63) is 64.6 Å². The van der Waals surface area contributed by atoms with Gasteiger partial charge in [0.1, 0.15) is 6.61 Å². The van der Waals surface area contributed by atoms with Crippen LogP contribution in [0.1, 0.15) is 45.1 Å². The van der Waals surface area contributed by atoms with Crippen LogP contribution >= 0.6 is 0 Å². The van der Waals surface area contributed by atoms with Crippen molar-refractivity contribution in [3.63, 3.8) is 0 Å². The van der Waals surface area contributed by atoms with Crippen LogP contribution in [0.15, 0.2) is 53.5 Å². The lowest BCUT2D eigenvalue weighted by Crippen LogP contribution is -2.50. The lowest BCUT2D eigenvalue weighted by molar-refractivity contribution is -0.139. The molecule has 1 saturated heterocycles. The first-order chi connectivity index (χ1) is 16.0. The zero-order chi connectivity index (χ0) is 23.6. The number of ether oxygens (including phenoxy) is 1. The van der Waals surface area contributed by atoms with Gasteiger partial charge in [-0.25, -0.2) is 0 Å². The summed E-state index contributed by atoms with van der Waals surface area (Å²) >= 11 is 0. The van der Waals surface area contributed by atoms with Gasteiger partial charge < -0.3 is 19.1 Å². The van der Waals surface area contributed by atoms with Crippen molar-refractivity contribution in [2.45, 2.75) is 52.7 Å². The molecule has 2 heterocycles. The molecule has 0 spiro atoms. The first kappa shape index (κ1) is 24.6. The van der Waals surface area contributed by atoms with E-state index in [2.05, 4.69) is 13.8 Å². The molecule has 1 atom stereocenters. The van der Waals surface area contributed by atoms with Crippen LogP contribution in [0.25, 0.3) is 0 Å². The molecule has 2 aromatic rings. The largest absolute Gasteiger partial charge is 0.483 e. The van der Waals surface area contributed by atoms with E-state index in [1.165, 1.54) is 4.57 Å². The molecule has 2 amide bonds. The second-order valence-corrected chi connectivity index (χ2v) is 8.71. The van der Waals surface area contributed by atoms with Crippen molar-refractivity contribution in [1.82, 2.24) is 14.4 Å². The second kappa shape index (κ2) is 12.2. The van der Waals surface area contributed by atoms with Crippen LogP contribution < -0.4 is 10.3 Å². The number of hydrogen-bond donors (Lipinski definition) is 0. The number of carbonyl (C=O) groups excluding carboxylic acids is 2. The van der Waals surface area contributed by atoms with Crippen LogP contribution in [0.5, 0.6) is 5.75 Å². The van der Waals surface area contributed by atoms with Gasteiger partial charge in [-0.2, -0.15) is 0 Å². The fourth-order valence-corrected chi connectivity index (χ4v) is 3.85. The van der Waals surface area contributed by atoms with Gasteiger partial charge in [-0.05, 0) is 30.0 Å². The fraction of sp³-hybridized carbons (Fsp3) is 0.500. The van der Waals surface area contributed by atoms with Gasteiger partial charge in [0.15, 0.2) is 5.75 Å². The Hall–Kier alpha value is -3.09. The number of benzene rings is 1. The monoisotopic (exact) mass is 453 g/mol. The van der Waals surface area contributed by atoms with Crippen molar-refractivity contribution >= 4 is 11.8 Å². The Kier molecular flexibility index (Phi) is 9.10. The molecule has 3 rings (SSSR count). The number of hydrogen-bond acceptors (Lipinski definition) is 4. The predicted octanol–water partition coefficient (Wildman–Crippen LogP) is 3.31. The maximum Gasteiger partial charge on any atom is 0.292 e. The fourth-order valence-electron chi connectivity index (χ4n) is 3.85. The van der Waals surface area contributed by atoms with Crippen molar-refractivity contribution < 1.29 is 14.3 Å². The molecule has 1 aromatic carbocycles. The molecule has 0 aliphatic carbocycles. The van der Waals surface area contributed by atoms with Gasteiger partial charge in [-0.3, -0.25) is 14.4 Å². The topological polar surface area (TPSA) is 71.8 Å². The summed E-state index contributed by atoms with van der Waals surface area (Å²) in [5.41, 5.74) is 0.748. The van der Waals surface area contributed by atoms with E-state index in [0.29, 0.717) is 51.7 Å². The zero-order valence-corrected chi connectivity index (χ0v) is 19.7. The summed E-state index contributed by atoms with van der Waals surface area (Å²) in [6.07, 6.45) is 4.50. The van der Waals surface area contributed by atoms with Gasteiger partial charge in [-0.1, -0.05) is 50.6 Å². The van der Waals surface area contributed by atoms with E-state index >= 15 is 0 Å². The molecule has 1 aromatic heterocycles. The number of carbonyl (C=O) groups is 2. The summed E-state index contributed by atoms with van der Waals surface area (Å²) < 4.78 is 7.22. The highest BCUT2D eigenvalue weighted by Gasteiger charge is 2.24. The Morgan fingerprint density at radius 3 is 2.21 bits per heavy atom. The third kappa shape index (κ3) is 7.20. The van der Waals surface area contributed by atoms with Crippen molar-refractivity contribution in [2.75, 3.05) is 26.2 Å². The minimum absolute atomic E-state index is 0.00390. The molecular weight excluding hydrogens is 418 g/mol. The van der Waals surface area contributed by atoms with Gasteiger partial charge in [0.2, 0.25) is 11.8 Å². The number of aryl methyl sites for hydroxylation is 1. The maximum absolute atomic E-state index is 12.7. The Balaban J connectivity index is 1.45. The first-order valence-corrected chi connectivity index (χ1v) is 11.9. The van der Waals surface area contributed by atoms with Gasteiger partial charge >= 0.3 is 0 Å². The molecule has 7 nitrogen and oxygen atoms in total. The van der Waals surface area contributed by atoms with E-state index in [9.17, 15) is 14.4 Å². The van der Waals surface area contributed by atoms with Crippen LogP contribution in [-0.4, -0.2) is 52.4 Å². The van der Waals surface area contributed by atoms with E-state index in [1.54, 1.807) is 23.2 Å². The molecule has 0 saturated carbocycles. The Labute approximate surface area is 196 Å². The van der Waals surface area contributed by atoms with Gasteiger partial charge in [0.05, 0.1) is 0 Å². The molecule has 1 aliphatic rings. The normalized spacial score (nSPS) is 14.7. The number of amides is 2. The first-order valence-electron chi connectivity index (χ1n) is 11.9. The second-order valence-electron chi connectivity index (χ2n) is 8.71. The molecule has 0 bridgehead atoms. The number of piperazine rings is 1. The molecule has 7 heteroatoms. The van der Waals surface area contributed by atoms with E-state index in [1.807, 2.05) is 35.2 Å². The molecule has 1 fully saturated rings. The smallest absolute Gasteiger partial charge is 0.292 e. The van der Waals surface area contributed by atoms with Crippen molar-refractivity contribution in [1.29, 1.82) is 0 Å². The van der Waals surface area contributed by atoms with E-state index in [4.69, 9.17) is 4.74 Å². The lowest BCUT2D eigenvalue weighted by Gasteiger charge is -2.35. The van der Waals surface area contributed by atoms with Gasteiger partial charge in [0, 0.05) is 51.8 Å². The lowest BCUT2D eigenvalue weighted by atomic mass is 10.0.